The highest BCUT2D eigenvalue weighted by Gasteiger charge is 2.42. The number of thiocarbonyl (C=S) groups is 1. The maximum absolute atomic E-state index is 6.28. The quantitative estimate of drug-likeness (QED) is 0.332. The average Bonchev–Trinajstić information content (AvgIpc) is 3.41. The number of aromatic nitrogens is 2. The molecule has 0 spiro atoms. The highest BCUT2D eigenvalue weighted by Crippen LogP contribution is 2.42. The van der Waals surface area contributed by atoms with E-state index in [-0.39, 0.29) is 12.1 Å². The number of pyridine rings is 1. The minimum absolute atomic E-state index is 0.121. The molecule has 1 N–H and O–H groups in total. The van der Waals surface area contributed by atoms with Gasteiger partial charge in [-0.05, 0) is 91.4 Å². The predicted molar refractivity (Wildman–Crippen MR) is 135 cm³/mol. The third-order valence-electron chi connectivity index (χ3n) is 5.71. The number of hydrogen-bond acceptors (Lipinski definition) is 2. The minimum atomic E-state index is -0.124. The highest BCUT2D eigenvalue weighted by atomic mass is 35.5. The maximum Gasteiger partial charge on any atom is 0.174 e. The molecule has 4 aromatic rings. The van der Waals surface area contributed by atoms with E-state index >= 15 is 0 Å². The number of rotatable bonds is 4. The molecule has 32 heavy (non-hydrogen) atoms. The van der Waals surface area contributed by atoms with Crippen molar-refractivity contribution >= 4 is 46.2 Å². The zero-order chi connectivity index (χ0) is 22.2. The summed E-state index contributed by atoms with van der Waals surface area (Å²) in [5, 5.41) is 5.58. The van der Waals surface area contributed by atoms with Gasteiger partial charge in [0, 0.05) is 39.5 Å². The van der Waals surface area contributed by atoms with Gasteiger partial charge in [0.2, 0.25) is 0 Å². The Morgan fingerprint density at radius 1 is 0.938 bits per heavy atom. The third-order valence-corrected chi connectivity index (χ3v) is 6.70. The number of nitrogens with one attached hydrogen (secondary N) is 1. The molecule has 0 unspecified atom stereocenters. The molecule has 1 fully saturated rings. The number of hydrogen-bond donors (Lipinski definition) is 1. The fourth-order valence-corrected chi connectivity index (χ4v) is 4.77. The number of nitrogens with zero attached hydrogens (tertiary/aromatic N) is 3. The molecule has 2 aromatic heterocycles. The summed E-state index contributed by atoms with van der Waals surface area (Å²) in [7, 11) is 0. The van der Waals surface area contributed by atoms with Gasteiger partial charge in [-0.15, -0.1) is 0 Å². The van der Waals surface area contributed by atoms with Crippen molar-refractivity contribution < 1.29 is 0 Å². The molecule has 160 valence electrons. The van der Waals surface area contributed by atoms with E-state index in [0.29, 0.717) is 10.1 Å². The van der Waals surface area contributed by atoms with Crippen molar-refractivity contribution in [3.05, 3.63) is 112 Å². The van der Waals surface area contributed by atoms with Crippen LogP contribution in [0.3, 0.4) is 0 Å². The lowest BCUT2D eigenvalue weighted by Crippen LogP contribution is -2.30. The van der Waals surface area contributed by atoms with Crippen LogP contribution in [0.4, 0.5) is 5.69 Å². The predicted octanol–water partition coefficient (Wildman–Crippen LogP) is 6.66. The third kappa shape index (κ3) is 3.77. The van der Waals surface area contributed by atoms with Crippen LogP contribution in [-0.2, 0) is 0 Å². The minimum Gasteiger partial charge on any atom is -0.351 e. The van der Waals surface area contributed by atoms with Crippen LogP contribution in [0.2, 0.25) is 10.0 Å². The number of halogens is 2. The van der Waals surface area contributed by atoms with Crippen molar-refractivity contribution in [2.75, 3.05) is 4.90 Å². The first-order valence-corrected chi connectivity index (χ1v) is 11.4. The topological polar surface area (TPSA) is 33.1 Å². The molecule has 1 aliphatic rings. The van der Waals surface area contributed by atoms with Crippen molar-refractivity contribution in [3.63, 3.8) is 0 Å². The SMILES string of the molecule is Cc1cc(-n2cccc2[C@H]2[C@@H](c3ccccn3)NC(=S)N2c2ccc(Cl)cc2)ccc1Cl. The van der Waals surface area contributed by atoms with Crippen molar-refractivity contribution in [2.45, 2.75) is 19.0 Å². The van der Waals surface area contributed by atoms with Gasteiger partial charge in [0.25, 0.3) is 0 Å². The van der Waals surface area contributed by atoms with Crippen molar-refractivity contribution in [2.24, 2.45) is 0 Å². The van der Waals surface area contributed by atoms with E-state index in [1.165, 1.54) is 0 Å². The number of anilines is 1. The molecule has 7 heteroatoms. The number of aryl methyl sites for hydroxylation is 1. The average molecular weight is 479 g/mol. The van der Waals surface area contributed by atoms with Crippen LogP contribution in [0.1, 0.15) is 29.0 Å². The van der Waals surface area contributed by atoms with Crippen LogP contribution >= 0.6 is 35.4 Å². The fourth-order valence-electron chi connectivity index (χ4n) is 4.18. The molecule has 0 saturated carbocycles. The molecule has 1 aliphatic heterocycles. The zero-order valence-electron chi connectivity index (χ0n) is 17.2. The van der Waals surface area contributed by atoms with Gasteiger partial charge in [0.05, 0.1) is 11.7 Å². The van der Waals surface area contributed by atoms with Crippen LogP contribution in [0, 0.1) is 6.92 Å². The molecule has 1 saturated heterocycles. The van der Waals surface area contributed by atoms with Gasteiger partial charge in [-0.2, -0.15) is 0 Å². The highest BCUT2D eigenvalue weighted by molar-refractivity contribution is 7.80. The Hall–Kier alpha value is -2.86. The lowest BCUT2D eigenvalue weighted by Gasteiger charge is -2.29. The standard InChI is InChI=1S/C25H20Cl2N4S/c1-16-15-19(11-12-20(16)27)30-14-4-6-22(30)24-23(21-5-2-3-13-28-21)29-25(32)31(24)18-9-7-17(26)8-10-18/h2-15,23-24H,1H3,(H,29,32)/t23-,24+/m1/s1. The lowest BCUT2D eigenvalue weighted by molar-refractivity contribution is 0.549. The summed E-state index contributed by atoms with van der Waals surface area (Å²) in [4.78, 5) is 6.77. The molecular weight excluding hydrogens is 459 g/mol. The van der Waals surface area contributed by atoms with Gasteiger partial charge in [-0.3, -0.25) is 4.98 Å². The van der Waals surface area contributed by atoms with E-state index in [2.05, 4.69) is 44.2 Å². The van der Waals surface area contributed by atoms with E-state index < -0.39 is 0 Å². The Labute approximate surface area is 202 Å². The smallest absolute Gasteiger partial charge is 0.174 e. The van der Waals surface area contributed by atoms with Crippen molar-refractivity contribution in [1.82, 2.24) is 14.9 Å². The largest absolute Gasteiger partial charge is 0.351 e. The summed E-state index contributed by atoms with van der Waals surface area (Å²) in [5.74, 6) is 0. The monoisotopic (exact) mass is 478 g/mol. The van der Waals surface area contributed by atoms with Crippen LogP contribution in [0.5, 0.6) is 0 Å². The van der Waals surface area contributed by atoms with E-state index in [1.807, 2.05) is 67.7 Å². The first-order valence-electron chi connectivity index (χ1n) is 10.2. The Morgan fingerprint density at radius 2 is 1.72 bits per heavy atom. The summed E-state index contributed by atoms with van der Waals surface area (Å²) in [6.45, 7) is 2.01. The van der Waals surface area contributed by atoms with E-state index in [9.17, 15) is 0 Å². The molecule has 0 bridgehead atoms. The Bertz CT molecular complexity index is 1270. The summed E-state index contributed by atoms with van der Waals surface area (Å²) in [5.41, 5.74) is 5.05. The molecule has 4 nitrogen and oxygen atoms in total. The Kier molecular flexibility index (Phi) is 5.64. The van der Waals surface area contributed by atoms with E-state index in [0.717, 1.165) is 33.3 Å². The first-order chi connectivity index (χ1) is 15.5. The number of benzene rings is 2. The van der Waals surface area contributed by atoms with Gasteiger partial charge in [-0.25, -0.2) is 0 Å². The van der Waals surface area contributed by atoms with Gasteiger partial charge < -0.3 is 14.8 Å². The molecule has 0 aliphatic carbocycles. The van der Waals surface area contributed by atoms with Gasteiger partial charge in [-0.1, -0.05) is 29.3 Å². The molecular formula is C25H20Cl2N4S. The van der Waals surface area contributed by atoms with Gasteiger partial charge in [0.15, 0.2) is 5.11 Å². The summed E-state index contributed by atoms with van der Waals surface area (Å²) >= 11 is 18.2. The van der Waals surface area contributed by atoms with Gasteiger partial charge >= 0.3 is 0 Å². The first kappa shape index (κ1) is 21.0. The van der Waals surface area contributed by atoms with Crippen molar-refractivity contribution in [3.8, 4) is 5.69 Å². The van der Waals surface area contributed by atoms with Crippen LogP contribution in [0.25, 0.3) is 5.69 Å². The molecule has 2 atom stereocenters. The maximum atomic E-state index is 6.28. The second kappa shape index (κ2) is 8.58. The summed E-state index contributed by atoms with van der Waals surface area (Å²) in [6.07, 6.45) is 3.87. The second-order valence-electron chi connectivity index (χ2n) is 7.71. The van der Waals surface area contributed by atoms with Crippen molar-refractivity contribution in [1.29, 1.82) is 0 Å². The molecule has 2 aromatic carbocycles. The van der Waals surface area contributed by atoms with Crippen LogP contribution in [-0.4, -0.2) is 14.7 Å². The molecule has 3 heterocycles. The van der Waals surface area contributed by atoms with E-state index in [1.54, 1.807) is 0 Å². The molecule has 5 rings (SSSR count). The fraction of sp³-hybridized carbons (Fsp3) is 0.120. The molecule has 0 amide bonds. The van der Waals surface area contributed by atoms with Gasteiger partial charge in [0.1, 0.15) is 6.04 Å². The Morgan fingerprint density at radius 3 is 2.44 bits per heavy atom. The summed E-state index contributed by atoms with van der Waals surface area (Å²) < 4.78 is 2.18. The van der Waals surface area contributed by atoms with Crippen LogP contribution < -0.4 is 10.2 Å². The van der Waals surface area contributed by atoms with E-state index in [4.69, 9.17) is 35.4 Å². The summed E-state index contributed by atoms with van der Waals surface area (Å²) in [6, 6.07) is 23.7. The molecule has 0 radical (unpaired) electrons. The normalized spacial score (nSPS) is 18.1. The van der Waals surface area contributed by atoms with Crippen LogP contribution in [0.15, 0.2) is 85.2 Å². The lowest BCUT2D eigenvalue weighted by atomic mass is 10.0. The zero-order valence-corrected chi connectivity index (χ0v) is 19.6. The second-order valence-corrected chi connectivity index (χ2v) is 8.94. The Balaban J connectivity index is 1.67.